The average molecular weight is 290 g/mol. The molecule has 0 bridgehead atoms. The second-order valence-electron chi connectivity index (χ2n) is 5.41. The highest BCUT2D eigenvalue weighted by atomic mass is 19.4. The van der Waals surface area contributed by atoms with E-state index in [2.05, 4.69) is 24.1 Å². The summed E-state index contributed by atoms with van der Waals surface area (Å²) in [6, 6.07) is 3.57. The summed E-state index contributed by atoms with van der Waals surface area (Å²) in [6.45, 7) is 5.88. The van der Waals surface area contributed by atoms with E-state index in [1.54, 1.807) is 0 Å². The van der Waals surface area contributed by atoms with E-state index in [0.29, 0.717) is 11.7 Å². The van der Waals surface area contributed by atoms with Crippen LogP contribution < -0.4 is 5.32 Å². The summed E-state index contributed by atoms with van der Waals surface area (Å²) < 4.78 is 51.1. The van der Waals surface area contributed by atoms with Gasteiger partial charge >= 0.3 is 6.18 Å². The van der Waals surface area contributed by atoms with Crippen LogP contribution in [0.3, 0.4) is 0 Å². The van der Waals surface area contributed by atoms with Crippen molar-refractivity contribution in [2.75, 3.05) is 18.4 Å². The predicted molar refractivity (Wildman–Crippen MR) is 70.1 cm³/mol. The third-order valence-electron chi connectivity index (χ3n) is 3.59. The fraction of sp³-hybridized carbons (Fsp3) is 0.571. The number of benzene rings is 1. The maximum absolute atomic E-state index is 13.2. The predicted octanol–water partition coefficient (Wildman–Crippen LogP) is 3.74. The zero-order valence-corrected chi connectivity index (χ0v) is 11.5. The SMILES string of the molecule is CC(C)N1CCC(Nc2ccc(F)c(C(F)(F)F)c2)C1. The van der Waals surface area contributed by atoms with Gasteiger partial charge in [-0.2, -0.15) is 13.2 Å². The molecule has 1 fully saturated rings. The lowest BCUT2D eigenvalue weighted by Gasteiger charge is -2.21. The average Bonchev–Trinajstić information content (AvgIpc) is 2.79. The zero-order valence-electron chi connectivity index (χ0n) is 11.5. The van der Waals surface area contributed by atoms with Crippen molar-refractivity contribution in [3.05, 3.63) is 29.6 Å². The second kappa shape index (κ2) is 5.60. The molecule has 2 nitrogen and oxygen atoms in total. The fourth-order valence-electron chi connectivity index (χ4n) is 2.44. The Morgan fingerprint density at radius 2 is 2.00 bits per heavy atom. The molecule has 2 rings (SSSR count). The van der Waals surface area contributed by atoms with E-state index in [4.69, 9.17) is 0 Å². The van der Waals surface area contributed by atoms with E-state index < -0.39 is 17.6 Å². The quantitative estimate of drug-likeness (QED) is 0.853. The minimum Gasteiger partial charge on any atom is -0.381 e. The van der Waals surface area contributed by atoms with Gasteiger partial charge in [0.15, 0.2) is 0 Å². The summed E-state index contributed by atoms with van der Waals surface area (Å²) in [5.41, 5.74) is -0.907. The summed E-state index contributed by atoms with van der Waals surface area (Å²) >= 11 is 0. The van der Waals surface area contributed by atoms with Crippen molar-refractivity contribution < 1.29 is 17.6 Å². The molecule has 1 atom stereocenters. The normalized spacial score (nSPS) is 20.6. The lowest BCUT2D eigenvalue weighted by atomic mass is 10.1. The molecule has 0 radical (unpaired) electrons. The van der Waals surface area contributed by atoms with Crippen molar-refractivity contribution in [3.8, 4) is 0 Å². The highest BCUT2D eigenvalue weighted by molar-refractivity contribution is 5.48. The van der Waals surface area contributed by atoms with Crippen molar-refractivity contribution >= 4 is 5.69 Å². The van der Waals surface area contributed by atoms with E-state index >= 15 is 0 Å². The number of hydrogen-bond donors (Lipinski definition) is 1. The summed E-state index contributed by atoms with van der Waals surface area (Å²) in [7, 11) is 0. The van der Waals surface area contributed by atoms with Crippen LogP contribution in [0.15, 0.2) is 18.2 Å². The molecular weight excluding hydrogens is 272 g/mol. The molecule has 20 heavy (non-hydrogen) atoms. The third-order valence-corrected chi connectivity index (χ3v) is 3.59. The van der Waals surface area contributed by atoms with E-state index in [0.717, 1.165) is 31.6 Å². The van der Waals surface area contributed by atoms with Gasteiger partial charge in [-0.1, -0.05) is 0 Å². The number of alkyl halides is 3. The van der Waals surface area contributed by atoms with E-state index in [1.165, 1.54) is 6.07 Å². The third kappa shape index (κ3) is 3.42. The summed E-state index contributed by atoms with van der Waals surface area (Å²) in [6.07, 6.45) is -3.79. The van der Waals surface area contributed by atoms with Crippen molar-refractivity contribution in [1.29, 1.82) is 0 Å². The molecule has 0 aliphatic carbocycles. The largest absolute Gasteiger partial charge is 0.419 e. The smallest absolute Gasteiger partial charge is 0.381 e. The Morgan fingerprint density at radius 3 is 2.55 bits per heavy atom. The zero-order chi connectivity index (χ0) is 14.9. The van der Waals surface area contributed by atoms with Crippen molar-refractivity contribution in [2.24, 2.45) is 0 Å². The first-order chi connectivity index (χ1) is 9.27. The minimum atomic E-state index is -4.67. The highest BCUT2D eigenvalue weighted by Gasteiger charge is 2.34. The van der Waals surface area contributed by atoms with Crippen molar-refractivity contribution in [2.45, 2.75) is 38.5 Å². The monoisotopic (exact) mass is 290 g/mol. The molecule has 0 saturated carbocycles. The van der Waals surface area contributed by atoms with Crippen molar-refractivity contribution in [1.82, 2.24) is 4.90 Å². The molecule has 0 aromatic heterocycles. The van der Waals surface area contributed by atoms with Crippen molar-refractivity contribution in [3.63, 3.8) is 0 Å². The Labute approximate surface area is 115 Å². The van der Waals surface area contributed by atoms with Crippen LogP contribution in [0.25, 0.3) is 0 Å². The van der Waals surface area contributed by atoms with Gasteiger partial charge in [-0.15, -0.1) is 0 Å². The van der Waals surface area contributed by atoms with Crippen LogP contribution >= 0.6 is 0 Å². The number of nitrogens with one attached hydrogen (secondary N) is 1. The van der Waals surface area contributed by atoms with E-state index in [1.807, 2.05) is 0 Å². The Morgan fingerprint density at radius 1 is 1.30 bits per heavy atom. The van der Waals surface area contributed by atoms with Gasteiger partial charge in [0.2, 0.25) is 0 Å². The Balaban J connectivity index is 2.08. The molecule has 0 amide bonds. The first-order valence-corrected chi connectivity index (χ1v) is 6.64. The maximum Gasteiger partial charge on any atom is 0.419 e. The summed E-state index contributed by atoms with van der Waals surface area (Å²) in [5, 5.41) is 3.06. The molecule has 1 aliphatic heterocycles. The van der Waals surface area contributed by atoms with Crippen LogP contribution in [0.5, 0.6) is 0 Å². The van der Waals surface area contributed by atoms with Crippen LogP contribution in [0, 0.1) is 5.82 Å². The number of nitrogens with zero attached hydrogens (tertiary/aromatic N) is 1. The van der Waals surface area contributed by atoms with Gasteiger partial charge in [0.05, 0.1) is 5.56 Å². The number of anilines is 1. The van der Waals surface area contributed by atoms with Crippen LogP contribution in [0.2, 0.25) is 0 Å². The first kappa shape index (κ1) is 15.1. The lowest BCUT2D eigenvalue weighted by molar-refractivity contribution is -0.139. The number of likely N-dealkylation sites (tertiary alicyclic amines) is 1. The van der Waals surface area contributed by atoms with E-state index in [-0.39, 0.29) is 6.04 Å². The van der Waals surface area contributed by atoms with Crippen LogP contribution in [-0.4, -0.2) is 30.1 Å². The van der Waals surface area contributed by atoms with E-state index in [9.17, 15) is 17.6 Å². The summed E-state index contributed by atoms with van der Waals surface area (Å²) in [5.74, 6) is -1.24. The molecule has 0 spiro atoms. The molecule has 1 unspecified atom stereocenters. The van der Waals surface area contributed by atoms with Crippen LogP contribution in [0.4, 0.5) is 23.2 Å². The molecule has 1 N–H and O–H groups in total. The highest BCUT2D eigenvalue weighted by Crippen LogP contribution is 2.33. The van der Waals surface area contributed by atoms with Gasteiger partial charge in [0.25, 0.3) is 0 Å². The number of rotatable bonds is 3. The standard InChI is InChI=1S/C14H18F4N2/c1-9(2)20-6-5-11(8-20)19-10-3-4-13(15)12(7-10)14(16,17)18/h3-4,7,9,11,19H,5-6,8H2,1-2H3. The van der Waals surface area contributed by atoms with Gasteiger partial charge in [-0.25, -0.2) is 4.39 Å². The Hall–Kier alpha value is -1.30. The molecule has 1 aliphatic rings. The number of halogens is 4. The first-order valence-electron chi connectivity index (χ1n) is 6.64. The Bertz CT molecular complexity index is 471. The molecule has 1 saturated heterocycles. The lowest BCUT2D eigenvalue weighted by Crippen LogP contribution is -2.31. The van der Waals surface area contributed by atoms with Gasteiger partial charge in [-0.3, -0.25) is 4.90 Å². The topological polar surface area (TPSA) is 15.3 Å². The molecule has 1 aromatic carbocycles. The maximum atomic E-state index is 13.2. The molecular formula is C14H18F4N2. The van der Waals surface area contributed by atoms with Gasteiger partial charge in [-0.05, 0) is 38.5 Å². The molecule has 1 aromatic rings. The second-order valence-corrected chi connectivity index (χ2v) is 5.41. The summed E-state index contributed by atoms with van der Waals surface area (Å²) in [4.78, 5) is 2.26. The minimum absolute atomic E-state index is 0.101. The molecule has 112 valence electrons. The van der Waals surface area contributed by atoms with Crippen LogP contribution in [0.1, 0.15) is 25.8 Å². The van der Waals surface area contributed by atoms with Gasteiger partial charge in [0.1, 0.15) is 5.82 Å². The number of hydrogen-bond acceptors (Lipinski definition) is 2. The van der Waals surface area contributed by atoms with Gasteiger partial charge < -0.3 is 5.32 Å². The van der Waals surface area contributed by atoms with Gasteiger partial charge in [0, 0.05) is 30.9 Å². The van der Waals surface area contributed by atoms with Crippen LogP contribution in [-0.2, 0) is 6.18 Å². The molecule has 6 heteroatoms. The fourth-order valence-corrected chi connectivity index (χ4v) is 2.44. The molecule has 1 heterocycles. The Kier molecular flexibility index (Phi) is 4.22.